The van der Waals surface area contributed by atoms with Crippen molar-refractivity contribution >= 4 is 34.4 Å². The van der Waals surface area contributed by atoms with Crippen LogP contribution in [0.25, 0.3) is 10.9 Å². The van der Waals surface area contributed by atoms with Crippen molar-refractivity contribution in [1.82, 2.24) is 25.4 Å². The summed E-state index contributed by atoms with van der Waals surface area (Å²) in [7, 11) is 3.93. The largest absolute Gasteiger partial charge is 0.352 e. The van der Waals surface area contributed by atoms with Crippen molar-refractivity contribution in [3.8, 4) is 0 Å². The first-order valence-corrected chi connectivity index (χ1v) is 12.2. The van der Waals surface area contributed by atoms with E-state index in [0.29, 0.717) is 24.5 Å². The van der Waals surface area contributed by atoms with E-state index in [4.69, 9.17) is 0 Å². The van der Waals surface area contributed by atoms with Gasteiger partial charge in [0.25, 0.3) is 5.91 Å². The first-order chi connectivity index (χ1) is 17.2. The molecule has 1 aromatic heterocycles. The van der Waals surface area contributed by atoms with Crippen molar-refractivity contribution in [2.45, 2.75) is 38.9 Å². The van der Waals surface area contributed by atoms with Gasteiger partial charge in [0.05, 0.1) is 6.04 Å². The number of nitrogens with one attached hydrogen (secondary N) is 4. The number of anilines is 1. The highest BCUT2D eigenvalue weighted by Gasteiger charge is 2.29. The first-order valence-electron chi connectivity index (χ1n) is 12.2. The second-order valence-corrected chi connectivity index (χ2v) is 9.71. The Morgan fingerprint density at radius 1 is 1.17 bits per heavy atom. The number of carbonyl (C=O) groups is 3. The number of hydrogen-bond acceptors (Lipinski definition) is 4. The number of rotatable bonds is 8. The highest BCUT2D eigenvalue weighted by atomic mass is 16.2. The summed E-state index contributed by atoms with van der Waals surface area (Å²) in [4.78, 5) is 39.8. The zero-order valence-corrected chi connectivity index (χ0v) is 21.2. The van der Waals surface area contributed by atoms with E-state index < -0.39 is 0 Å². The number of fused-ring (bicyclic) bond motifs is 3. The summed E-state index contributed by atoms with van der Waals surface area (Å²) in [5.74, 6) is -0.226. The minimum Gasteiger partial charge on any atom is -0.352 e. The van der Waals surface area contributed by atoms with Crippen LogP contribution in [0.4, 0.5) is 10.5 Å². The molecular weight excluding hydrogens is 456 g/mol. The van der Waals surface area contributed by atoms with Crippen LogP contribution < -0.4 is 21.3 Å². The summed E-state index contributed by atoms with van der Waals surface area (Å²) in [5, 5.41) is 12.5. The standard InChI is InChI=1S/C27H34N6O3/c1-17-7-5-6-8-19(17)14-29-27(36)31-21-9-10-23-20(11-21)12-24-26(35)28-15-22(33(23)24)13-25(34)30-18(2)16-32(3)4/h5-12,18,22H,13-16H2,1-4H3,(H,28,35)(H,30,34)(H2,29,31,36). The summed E-state index contributed by atoms with van der Waals surface area (Å²) in [6.07, 6.45) is 0.260. The molecule has 1 aliphatic heterocycles. The molecule has 0 radical (unpaired) electrons. The fourth-order valence-electron chi connectivity index (χ4n) is 4.74. The number of aryl methyl sites for hydroxylation is 1. The third kappa shape index (κ3) is 5.85. The Morgan fingerprint density at radius 2 is 1.94 bits per heavy atom. The predicted molar refractivity (Wildman–Crippen MR) is 141 cm³/mol. The van der Waals surface area contributed by atoms with E-state index in [1.54, 1.807) is 6.07 Å². The monoisotopic (exact) mass is 490 g/mol. The van der Waals surface area contributed by atoms with Crippen LogP contribution in [-0.2, 0) is 11.3 Å². The Bertz CT molecular complexity index is 1280. The van der Waals surface area contributed by atoms with Gasteiger partial charge in [0, 0.05) is 48.7 Å². The average Bonchev–Trinajstić information content (AvgIpc) is 3.19. The van der Waals surface area contributed by atoms with Gasteiger partial charge in [0.1, 0.15) is 5.69 Å². The second kappa shape index (κ2) is 10.8. The highest BCUT2D eigenvalue weighted by molar-refractivity contribution is 6.01. The van der Waals surface area contributed by atoms with Gasteiger partial charge in [0.2, 0.25) is 5.91 Å². The zero-order chi connectivity index (χ0) is 25.8. The molecule has 4 rings (SSSR count). The van der Waals surface area contributed by atoms with Crippen molar-refractivity contribution in [1.29, 1.82) is 0 Å². The molecule has 2 aromatic carbocycles. The summed E-state index contributed by atoms with van der Waals surface area (Å²) >= 11 is 0. The van der Waals surface area contributed by atoms with E-state index >= 15 is 0 Å². The van der Waals surface area contributed by atoms with Crippen molar-refractivity contribution in [2.24, 2.45) is 0 Å². The number of amides is 4. The first kappa shape index (κ1) is 25.2. The molecule has 0 saturated carbocycles. The number of benzene rings is 2. The van der Waals surface area contributed by atoms with Crippen LogP contribution in [0.5, 0.6) is 0 Å². The molecule has 0 spiro atoms. The quantitative estimate of drug-likeness (QED) is 0.389. The van der Waals surface area contributed by atoms with E-state index in [-0.39, 0.29) is 36.3 Å². The third-order valence-corrected chi connectivity index (χ3v) is 6.36. The van der Waals surface area contributed by atoms with Crippen LogP contribution in [0.15, 0.2) is 48.5 Å². The van der Waals surface area contributed by atoms with Gasteiger partial charge in [-0.15, -0.1) is 0 Å². The van der Waals surface area contributed by atoms with Crippen LogP contribution in [0.1, 0.15) is 41.0 Å². The van der Waals surface area contributed by atoms with E-state index in [1.165, 1.54) is 0 Å². The van der Waals surface area contributed by atoms with Gasteiger partial charge in [-0.2, -0.15) is 0 Å². The number of likely N-dealkylation sites (N-methyl/N-ethyl adjacent to an activating group) is 1. The van der Waals surface area contributed by atoms with Gasteiger partial charge in [-0.25, -0.2) is 4.79 Å². The van der Waals surface area contributed by atoms with E-state index in [0.717, 1.165) is 28.6 Å². The molecule has 9 nitrogen and oxygen atoms in total. The Labute approximate surface area is 211 Å². The smallest absolute Gasteiger partial charge is 0.319 e. The molecule has 0 bridgehead atoms. The SMILES string of the molecule is Cc1ccccc1CNC(=O)Nc1ccc2c(c1)cc1n2C(CC(=O)NC(C)CN(C)C)CNC1=O. The molecule has 4 amide bonds. The fraction of sp³-hybridized carbons (Fsp3) is 0.370. The lowest BCUT2D eigenvalue weighted by Crippen LogP contribution is -2.43. The number of carbonyl (C=O) groups excluding carboxylic acids is 3. The normalized spacial score (nSPS) is 15.8. The Balaban J connectivity index is 1.46. The molecule has 2 unspecified atom stereocenters. The number of urea groups is 1. The molecule has 36 heavy (non-hydrogen) atoms. The number of nitrogens with zero attached hydrogens (tertiary/aromatic N) is 2. The van der Waals surface area contributed by atoms with Crippen LogP contribution >= 0.6 is 0 Å². The van der Waals surface area contributed by atoms with Crippen LogP contribution in [0, 0.1) is 6.92 Å². The van der Waals surface area contributed by atoms with Gasteiger partial charge in [0.15, 0.2) is 0 Å². The lowest BCUT2D eigenvalue weighted by atomic mass is 10.1. The minimum atomic E-state index is -0.305. The Hall–Kier alpha value is -3.85. The Kier molecular flexibility index (Phi) is 7.59. The molecule has 2 atom stereocenters. The molecule has 1 aliphatic rings. The lowest BCUT2D eigenvalue weighted by molar-refractivity contribution is -0.122. The maximum absolute atomic E-state index is 12.7. The van der Waals surface area contributed by atoms with Crippen molar-refractivity contribution in [2.75, 3.05) is 32.5 Å². The van der Waals surface area contributed by atoms with Crippen molar-refractivity contribution < 1.29 is 14.4 Å². The molecular formula is C27H34N6O3. The van der Waals surface area contributed by atoms with Crippen molar-refractivity contribution in [3.05, 3.63) is 65.4 Å². The van der Waals surface area contributed by atoms with Gasteiger partial charge in [-0.3, -0.25) is 9.59 Å². The van der Waals surface area contributed by atoms with Crippen LogP contribution in [0.2, 0.25) is 0 Å². The van der Waals surface area contributed by atoms with E-state index in [2.05, 4.69) is 21.3 Å². The topological polar surface area (TPSA) is 108 Å². The maximum atomic E-state index is 12.7. The Morgan fingerprint density at radius 3 is 2.69 bits per heavy atom. The molecule has 9 heteroatoms. The molecule has 0 fully saturated rings. The van der Waals surface area contributed by atoms with Crippen LogP contribution in [0.3, 0.4) is 0 Å². The average molecular weight is 491 g/mol. The van der Waals surface area contributed by atoms with Gasteiger partial charge >= 0.3 is 6.03 Å². The molecule has 2 heterocycles. The maximum Gasteiger partial charge on any atom is 0.319 e. The number of aromatic nitrogens is 1. The minimum absolute atomic E-state index is 0.0251. The second-order valence-electron chi connectivity index (χ2n) is 9.71. The van der Waals surface area contributed by atoms with Crippen LogP contribution in [-0.4, -0.2) is 60.5 Å². The van der Waals surface area contributed by atoms with Gasteiger partial charge < -0.3 is 30.7 Å². The molecule has 3 aromatic rings. The van der Waals surface area contributed by atoms with Gasteiger partial charge in [-0.1, -0.05) is 24.3 Å². The lowest BCUT2D eigenvalue weighted by Gasteiger charge is -2.28. The summed E-state index contributed by atoms with van der Waals surface area (Å²) in [6.45, 7) is 5.54. The highest BCUT2D eigenvalue weighted by Crippen LogP contribution is 2.30. The fourth-order valence-corrected chi connectivity index (χ4v) is 4.74. The third-order valence-electron chi connectivity index (χ3n) is 6.36. The van der Waals surface area contributed by atoms with E-state index in [9.17, 15) is 14.4 Å². The zero-order valence-electron chi connectivity index (χ0n) is 21.2. The molecule has 4 N–H and O–H groups in total. The summed E-state index contributed by atoms with van der Waals surface area (Å²) in [6, 6.07) is 14.8. The molecule has 0 aliphatic carbocycles. The van der Waals surface area contributed by atoms with Gasteiger partial charge in [-0.05, 0) is 63.3 Å². The number of hydrogen-bond donors (Lipinski definition) is 4. The predicted octanol–water partition coefficient (Wildman–Crippen LogP) is 3.01. The summed E-state index contributed by atoms with van der Waals surface area (Å²) in [5.41, 5.74) is 4.16. The van der Waals surface area contributed by atoms with E-state index in [1.807, 2.05) is 79.9 Å². The summed E-state index contributed by atoms with van der Waals surface area (Å²) < 4.78 is 1.94. The van der Waals surface area contributed by atoms with Crippen molar-refractivity contribution in [3.63, 3.8) is 0 Å². The molecule has 190 valence electrons. The molecule has 0 saturated heterocycles.